The number of amides is 1. The first kappa shape index (κ1) is 13.1. The highest BCUT2D eigenvalue weighted by molar-refractivity contribution is 7.09. The number of rotatable bonds is 6. The molecule has 1 amide bonds. The molecule has 1 atom stereocenters. The fraction of sp³-hybridized carbons (Fsp3) is 0.636. The van der Waals surface area contributed by atoms with Crippen molar-refractivity contribution in [3.63, 3.8) is 0 Å². The molecule has 4 nitrogen and oxygen atoms in total. The van der Waals surface area contributed by atoms with E-state index in [-0.39, 0.29) is 11.9 Å². The molecular weight excluding hydrogens is 222 g/mol. The van der Waals surface area contributed by atoms with Crippen LogP contribution in [-0.4, -0.2) is 36.4 Å². The minimum atomic E-state index is 0.154. The van der Waals surface area contributed by atoms with Gasteiger partial charge in [0.1, 0.15) is 5.01 Å². The van der Waals surface area contributed by atoms with Gasteiger partial charge in [-0.2, -0.15) is 0 Å². The highest BCUT2D eigenvalue weighted by Gasteiger charge is 2.11. The van der Waals surface area contributed by atoms with Crippen LogP contribution in [0.15, 0.2) is 11.6 Å². The largest absolute Gasteiger partial charge is 0.349 e. The van der Waals surface area contributed by atoms with Crippen LogP contribution in [0.4, 0.5) is 0 Å². The zero-order valence-corrected chi connectivity index (χ0v) is 10.9. The van der Waals surface area contributed by atoms with Gasteiger partial charge in [0.2, 0.25) is 5.91 Å². The molecule has 0 aliphatic carbocycles. The number of carbonyl (C=O) groups excluding carboxylic acids is 1. The second-order valence-electron chi connectivity index (χ2n) is 3.82. The molecule has 0 saturated carbocycles. The molecule has 1 rings (SSSR count). The Balaban J connectivity index is 2.33. The summed E-state index contributed by atoms with van der Waals surface area (Å²) in [4.78, 5) is 17.3. The first-order valence-electron chi connectivity index (χ1n) is 5.48. The average Bonchev–Trinajstić information content (AvgIpc) is 2.77. The Bertz CT molecular complexity index is 311. The van der Waals surface area contributed by atoms with Crippen molar-refractivity contribution in [2.24, 2.45) is 0 Å². The molecule has 0 bridgehead atoms. The van der Waals surface area contributed by atoms with Gasteiger partial charge in [-0.25, -0.2) is 4.98 Å². The molecule has 1 N–H and O–H groups in total. The molecule has 0 aliphatic heterocycles. The number of hydrogen-bond donors (Lipinski definition) is 1. The normalized spacial score (nSPS) is 12.4. The molecule has 1 heterocycles. The van der Waals surface area contributed by atoms with E-state index in [1.54, 1.807) is 30.3 Å². The number of aromatic nitrogens is 1. The molecule has 0 spiro atoms. The summed E-state index contributed by atoms with van der Waals surface area (Å²) in [6, 6.07) is 0.273. The third-order valence-corrected chi connectivity index (χ3v) is 3.28. The van der Waals surface area contributed by atoms with Crippen molar-refractivity contribution in [2.45, 2.75) is 25.8 Å². The van der Waals surface area contributed by atoms with Gasteiger partial charge in [0, 0.05) is 38.6 Å². The van der Waals surface area contributed by atoms with Gasteiger partial charge in [-0.15, -0.1) is 11.3 Å². The Morgan fingerprint density at radius 1 is 1.62 bits per heavy atom. The van der Waals surface area contributed by atoms with E-state index in [1.807, 2.05) is 11.6 Å². The average molecular weight is 241 g/mol. The number of nitrogens with one attached hydrogen (secondary N) is 1. The van der Waals surface area contributed by atoms with Crippen LogP contribution in [0.25, 0.3) is 0 Å². The third-order valence-electron chi connectivity index (χ3n) is 2.39. The monoisotopic (exact) mass is 241 g/mol. The van der Waals surface area contributed by atoms with Crippen LogP contribution in [-0.2, 0) is 4.79 Å². The molecule has 5 heteroatoms. The van der Waals surface area contributed by atoms with Gasteiger partial charge < -0.3 is 10.2 Å². The quantitative estimate of drug-likeness (QED) is 0.824. The summed E-state index contributed by atoms with van der Waals surface area (Å²) in [6.07, 6.45) is 3.34. The molecule has 90 valence electrons. The van der Waals surface area contributed by atoms with E-state index in [4.69, 9.17) is 0 Å². The Hall–Kier alpha value is -0.940. The van der Waals surface area contributed by atoms with Gasteiger partial charge in [-0.1, -0.05) is 6.92 Å². The predicted molar refractivity (Wildman–Crippen MR) is 66.5 cm³/mol. The number of nitrogens with zero attached hydrogens (tertiary/aromatic N) is 2. The summed E-state index contributed by atoms with van der Waals surface area (Å²) in [5, 5.41) is 6.43. The van der Waals surface area contributed by atoms with Crippen molar-refractivity contribution in [1.29, 1.82) is 0 Å². The zero-order valence-electron chi connectivity index (χ0n) is 10.1. The maximum Gasteiger partial charge on any atom is 0.223 e. The van der Waals surface area contributed by atoms with Crippen molar-refractivity contribution in [2.75, 3.05) is 20.6 Å². The summed E-state index contributed by atoms with van der Waals surface area (Å²) < 4.78 is 0. The molecule has 16 heavy (non-hydrogen) atoms. The topological polar surface area (TPSA) is 45.2 Å². The van der Waals surface area contributed by atoms with Crippen LogP contribution < -0.4 is 5.32 Å². The van der Waals surface area contributed by atoms with Gasteiger partial charge >= 0.3 is 0 Å². The summed E-state index contributed by atoms with van der Waals surface area (Å²) in [5.41, 5.74) is 0. The standard InChI is InChI=1S/C11H19N3OS/c1-4-9(11-13-7-8-16-11)12-6-5-10(15)14(2)3/h7-9,12H,4-6H2,1-3H3. The second kappa shape index (κ2) is 6.60. The number of thiazole rings is 1. The fourth-order valence-electron chi connectivity index (χ4n) is 1.39. The molecule has 1 aromatic heterocycles. The Kier molecular flexibility index (Phi) is 5.42. The maximum atomic E-state index is 11.4. The highest BCUT2D eigenvalue weighted by Crippen LogP contribution is 2.18. The third kappa shape index (κ3) is 3.90. The number of carbonyl (C=O) groups is 1. The first-order valence-corrected chi connectivity index (χ1v) is 6.36. The lowest BCUT2D eigenvalue weighted by Crippen LogP contribution is -2.28. The van der Waals surface area contributed by atoms with E-state index in [2.05, 4.69) is 17.2 Å². The maximum absolute atomic E-state index is 11.4. The molecular formula is C11H19N3OS. The van der Waals surface area contributed by atoms with E-state index in [9.17, 15) is 4.79 Å². The molecule has 1 unspecified atom stereocenters. The van der Waals surface area contributed by atoms with Gasteiger partial charge in [-0.05, 0) is 6.42 Å². The van der Waals surface area contributed by atoms with E-state index < -0.39 is 0 Å². The predicted octanol–water partition coefficient (Wildman–Crippen LogP) is 1.66. The van der Waals surface area contributed by atoms with Crippen molar-refractivity contribution < 1.29 is 4.79 Å². The lowest BCUT2D eigenvalue weighted by molar-refractivity contribution is -0.128. The Morgan fingerprint density at radius 3 is 2.88 bits per heavy atom. The lowest BCUT2D eigenvalue weighted by atomic mass is 10.2. The summed E-state index contributed by atoms with van der Waals surface area (Å²) >= 11 is 1.65. The minimum Gasteiger partial charge on any atom is -0.349 e. The minimum absolute atomic E-state index is 0.154. The van der Waals surface area contributed by atoms with Gasteiger partial charge in [-0.3, -0.25) is 4.79 Å². The first-order chi connectivity index (χ1) is 7.65. The van der Waals surface area contributed by atoms with Gasteiger partial charge in [0.25, 0.3) is 0 Å². The molecule has 0 radical (unpaired) electrons. The smallest absolute Gasteiger partial charge is 0.223 e. The van der Waals surface area contributed by atoms with E-state index in [0.717, 1.165) is 11.4 Å². The van der Waals surface area contributed by atoms with Gasteiger partial charge in [0.15, 0.2) is 0 Å². The van der Waals surface area contributed by atoms with Crippen LogP contribution in [0.5, 0.6) is 0 Å². The summed E-state index contributed by atoms with van der Waals surface area (Å²) in [7, 11) is 3.56. The molecule has 0 saturated heterocycles. The second-order valence-corrected chi connectivity index (χ2v) is 4.75. The molecule has 1 aromatic rings. The van der Waals surface area contributed by atoms with Crippen molar-refractivity contribution in [3.05, 3.63) is 16.6 Å². The van der Waals surface area contributed by atoms with Crippen LogP contribution in [0.1, 0.15) is 30.8 Å². The summed E-state index contributed by atoms with van der Waals surface area (Å²) in [6.45, 7) is 2.82. The zero-order chi connectivity index (χ0) is 12.0. The van der Waals surface area contributed by atoms with Crippen molar-refractivity contribution in [1.82, 2.24) is 15.2 Å². The van der Waals surface area contributed by atoms with E-state index in [0.29, 0.717) is 13.0 Å². The molecule has 0 aliphatic rings. The van der Waals surface area contributed by atoms with Gasteiger partial charge in [0.05, 0.1) is 6.04 Å². The van der Waals surface area contributed by atoms with Crippen LogP contribution >= 0.6 is 11.3 Å². The number of hydrogen-bond acceptors (Lipinski definition) is 4. The van der Waals surface area contributed by atoms with Crippen LogP contribution in [0.2, 0.25) is 0 Å². The molecule has 0 aromatic carbocycles. The SMILES string of the molecule is CCC(NCCC(=O)N(C)C)c1nccs1. The van der Waals surface area contributed by atoms with Crippen molar-refractivity contribution >= 4 is 17.2 Å². The van der Waals surface area contributed by atoms with Crippen molar-refractivity contribution in [3.8, 4) is 0 Å². The van der Waals surface area contributed by atoms with Crippen LogP contribution in [0.3, 0.4) is 0 Å². The lowest BCUT2D eigenvalue weighted by Gasteiger charge is -2.15. The highest BCUT2D eigenvalue weighted by atomic mass is 32.1. The Labute approximate surface area is 101 Å². The van der Waals surface area contributed by atoms with E-state index in [1.165, 1.54) is 0 Å². The summed E-state index contributed by atoms with van der Waals surface area (Å²) in [5.74, 6) is 0.154. The fourth-order valence-corrected chi connectivity index (χ4v) is 2.19. The van der Waals surface area contributed by atoms with E-state index >= 15 is 0 Å². The van der Waals surface area contributed by atoms with Crippen LogP contribution in [0, 0.1) is 0 Å². The molecule has 0 fully saturated rings. The Morgan fingerprint density at radius 2 is 2.38 bits per heavy atom.